The standard InChI is InChI=1S/C11H12INO3/c12-9-3-1-8(2-4-9)10-7-16-6-5-13(10)11(14)15/h1-4,10H,5-7H2,(H,14,15)/t10-/m0/s1. The van der Waals surface area contributed by atoms with Gasteiger partial charge >= 0.3 is 6.09 Å². The van der Waals surface area contributed by atoms with Gasteiger partial charge in [0.2, 0.25) is 0 Å². The molecule has 1 heterocycles. The van der Waals surface area contributed by atoms with E-state index in [1.54, 1.807) is 0 Å². The van der Waals surface area contributed by atoms with Crippen LogP contribution >= 0.6 is 22.6 Å². The molecule has 0 radical (unpaired) electrons. The molecule has 1 fully saturated rings. The van der Waals surface area contributed by atoms with Gasteiger partial charge in [0.05, 0.1) is 19.3 Å². The molecule has 1 saturated heterocycles. The van der Waals surface area contributed by atoms with Crippen LogP contribution in [0.3, 0.4) is 0 Å². The number of benzene rings is 1. The summed E-state index contributed by atoms with van der Waals surface area (Å²) in [5.74, 6) is 0. The molecule has 16 heavy (non-hydrogen) atoms. The third-order valence-corrected chi connectivity index (χ3v) is 3.35. The van der Waals surface area contributed by atoms with Crippen molar-refractivity contribution >= 4 is 28.7 Å². The van der Waals surface area contributed by atoms with Crippen LogP contribution in [0, 0.1) is 3.57 Å². The number of carboxylic acid groups (broad SMARTS) is 1. The molecule has 1 N–H and O–H groups in total. The Hall–Kier alpha value is -0.820. The second-order valence-electron chi connectivity index (χ2n) is 3.62. The molecule has 1 aliphatic heterocycles. The Labute approximate surface area is 107 Å². The fourth-order valence-electron chi connectivity index (χ4n) is 1.79. The van der Waals surface area contributed by atoms with Crippen molar-refractivity contribution in [2.24, 2.45) is 0 Å². The van der Waals surface area contributed by atoms with Gasteiger partial charge in [-0.05, 0) is 40.3 Å². The second-order valence-corrected chi connectivity index (χ2v) is 4.86. The number of ether oxygens (including phenoxy) is 1. The molecule has 1 atom stereocenters. The summed E-state index contributed by atoms with van der Waals surface area (Å²) in [4.78, 5) is 12.5. The van der Waals surface area contributed by atoms with Crippen LogP contribution < -0.4 is 0 Å². The van der Waals surface area contributed by atoms with E-state index in [1.165, 1.54) is 4.90 Å². The zero-order valence-electron chi connectivity index (χ0n) is 8.60. The van der Waals surface area contributed by atoms with Gasteiger partial charge < -0.3 is 9.84 Å². The maximum atomic E-state index is 11.1. The van der Waals surface area contributed by atoms with E-state index in [4.69, 9.17) is 9.84 Å². The first-order valence-electron chi connectivity index (χ1n) is 5.01. The predicted molar refractivity (Wildman–Crippen MR) is 67.4 cm³/mol. The smallest absolute Gasteiger partial charge is 0.407 e. The predicted octanol–water partition coefficient (Wildman–Crippen LogP) is 2.34. The van der Waals surface area contributed by atoms with Crippen molar-refractivity contribution < 1.29 is 14.6 Å². The fourth-order valence-corrected chi connectivity index (χ4v) is 2.15. The maximum Gasteiger partial charge on any atom is 0.407 e. The summed E-state index contributed by atoms with van der Waals surface area (Å²) in [6, 6.07) is 7.69. The molecule has 2 rings (SSSR count). The number of hydrogen-bond donors (Lipinski definition) is 1. The molecule has 0 spiro atoms. The van der Waals surface area contributed by atoms with E-state index < -0.39 is 6.09 Å². The van der Waals surface area contributed by atoms with E-state index >= 15 is 0 Å². The summed E-state index contributed by atoms with van der Waals surface area (Å²) in [5.41, 5.74) is 0.988. The zero-order chi connectivity index (χ0) is 11.5. The van der Waals surface area contributed by atoms with Gasteiger partial charge in [0.25, 0.3) is 0 Å². The average molecular weight is 333 g/mol. The van der Waals surface area contributed by atoms with E-state index in [0.717, 1.165) is 9.13 Å². The molecule has 0 aromatic heterocycles. The third kappa shape index (κ3) is 2.46. The lowest BCUT2D eigenvalue weighted by Crippen LogP contribution is -2.42. The summed E-state index contributed by atoms with van der Waals surface area (Å²) >= 11 is 2.22. The van der Waals surface area contributed by atoms with E-state index in [0.29, 0.717) is 19.8 Å². The molecular formula is C11H12INO3. The number of rotatable bonds is 1. The summed E-state index contributed by atoms with van der Waals surface area (Å²) in [6.07, 6.45) is -0.883. The van der Waals surface area contributed by atoms with Crippen LogP contribution in [0.4, 0.5) is 4.79 Å². The molecule has 0 saturated carbocycles. The minimum absolute atomic E-state index is 0.178. The normalized spacial score (nSPS) is 20.8. The van der Waals surface area contributed by atoms with E-state index in [9.17, 15) is 4.79 Å². The first-order chi connectivity index (χ1) is 7.68. The van der Waals surface area contributed by atoms with Gasteiger partial charge in [0.15, 0.2) is 0 Å². The van der Waals surface area contributed by atoms with Gasteiger partial charge in [0.1, 0.15) is 0 Å². The molecule has 1 aliphatic rings. The van der Waals surface area contributed by atoms with Gasteiger partial charge in [-0.25, -0.2) is 4.79 Å². The minimum Gasteiger partial charge on any atom is -0.465 e. The van der Waals surface area contributed by atoms with Crippen LogP contribution in [-0.4, -0.2) is 35.9 Å². The van der Waals surface area contributed by atoms with Crippen molar-refractivity contribution in [2.75, 3.05) is 19.8 Å². The Morgan fingerprint density at radius 1 is 1.44 bits per heavy atom. The van der Waals surface area contributed by atoms with Crippen LogP contribution in [0.1, 0.15) is 11.6 Å². The number of amides is 1. The van der Waals surface area contributed by atoms with Crippen LogP contribution in [0.15, 0.2) is 24.3 Å². The second kappa shape index (κ2) is 5.01. The summed E-state index contributed by atoms with van der Waals surface area (Å²) < 4.78 is 6.48. The fraction of sp³-hybridized carbons (Fsp3) is 0.364. The molecule has 0 aliphatic carbocycles. The van der Waals surface area contributed by atoms with Crippen molar-refractivity contribution in [2.45, 2.75) is 6.04 Å². The first-order valence-corrected chi connectivity index (χ1v) is 6.09. The molecule has 0 unspecified atom stereocenters. The van der Waals surface area contributed by atoms with Crippen molar-refractivity contribution in [3.63, 3.8) is 0 Å². The Bertz CT molecular complexity index is 379. The van der Waals surface area contributed by atoms with Gasteiger partial charge in [-0.2, -0.15) is 0 Å². The first kappa shape index (κ1) is 11.7. The lowest BCUT2D eigenvalue weighted by Gasteiger charge is -2.33. The van der Waals surface area contributed by atoms with Crippen molar-refractivity contribution in [1.29, 1.82) is 0 Å². The number of halogens is 1. The Kier molecular flexibility index (Phi) is 3.65. The van der Waals surface area contributed by atoms with Crippen LogP contribution in [0.25, 0.3) is 0 Å². The number of morpholine rings is 1. The van der Waals surface area contributed by atoms with Crippen molar-refractivity contribution in [3.05, 3.63) is 33.4 Å². The van der Waals surface area contributed by atoms with E-state index in [-0.39, 0.29) is 6.04 Å². The summed E-state index contributed by atoms with van der Waals surface area (Å²) in [5, 5.41) is 9.09. The Balaban J connectivity index is 2.23. The topological polar surface area (TPSA) is 49.8 Å². The monoisotopic (exact) mass is 333 g/mol. The number of hydrogen-bond acceptors (Lipinski definition) is 2. The summed E-state index contributed by atoms with van der Waals surface area (Å²) in [6.45, 7) is 1.35. The molecule has 0 bridgehead atoms. The van der Waals surface area contributed by atoms with E-state index in [2.05, 4.69) is 22.6 Å². The molecule has 1 aromatic rings. The SMILES string of the molecule is O=C(O)N1CCOC[C@H]1c1ccc(I)cc1. The van der Waals surface area contributed by atoms with Gasteiger partial charge in [0, 0.05) is 10.1 Å². The number of nitrogens with zero attached hydrogens (tertiary/aromatic N) is 1. The lowest BCUT2D eigenvalue weighted by atomic mass is 10.1. The molecule has 4 nitrogen and oxygen atoms in total. The highest BCUT2D eigenvalue weighted by Gasteiger charge is 2.28. The quantitative estimate of drug-likeness (QED) is 0.803. The van der Waals surface area contributed by atoms with Crippen LogP contribution in [0.5, 0.6) is 0 Å². The largest absolute Gasteiger partial charge is 0.465 e. The van der Waals surface area contributed by atoms with E-state index in [1.807, 2.05) is 24.3 Å². The Morgan fingerprint density at radius 3 is 2.75 bits per heavy atom. The highest BCUT2D eigenvalue weighted by Crippen LogP contribution is 2.24. The van der Waals surface area contributed by atoms with Crippen molar-refractivity contribution in [3.8, 4) is 0 Å². The lowest BCUT2D eigenvalue weighted by molar-refractivity contribution is -0.000899. The van der Waals surface area contributed by atoms with Crippen LogP contribution in [-0.2, 0) is 4.74 Å². The molecule has 5 heteroatoms. The molecule has 1 aromatic carbocycles. The maximum absolute atomic E-state index is 11.1. The molecule has 1 amide bonds. The number of carbonyl (C=O) groups is 1. The van der Waals surface area contributed by atoms with Crippen molar-refractivity contribution in [1.82, 2.24) is 4.90 Å². The Morgan fingerprint density at radius 2 is 2.12 bits per heavy atom. The zero-order valence-corrected chi connectivity index (χ0v) is 10.8. The minimum atomic E-state index is -0.883. The highest BCUT2D eigenvalue weighted by atomic mass is 127. The van der Waals surface area contributed by atoms with Gasteiger partial charge in [-0.1, -0.05) is 12.1 Å². The molecular weight excluding hydrogens is 321 g/mol. The summed E-state index contributed by atoms with van der Waals surface area (Å²) in [7, 11) is 0. The average Bonchev–Trinajstić information content (AvgIpc) is 2.30. The van der Waals surface area contributed by atoms with Gasteiger partial charge in [-0.3, -0.25) is 4.90 Å². The van der Waals surface area contributed by atoms with Crippen LogP contribution in [0.2, 0.25) is 0 Å². The molecule has 86 valence electrons. The highest BCUT2D eigenvalue weighted by molar-refractivity contribution is 14.1. The van der Waals surface area contributed by atoms with Gasteiger partial charge in [-0.15, -0.1) is 0 Å². The third-order valence-electron chi connectivity index (χ3n) is 2.63.